The van der Waals surface area contributed by atoms with E-state index in [-0.39, 0.29) is 11.4 Å². The highest BCUT2D eigenvalue weighted by atomic mass is 16.5. The molecule has 1 aliphatic heterocycles. The summed E-state index contributed by atoms with van der Waals surface area (Å²) in [4.78, 5) is 17.7. The Hall–Kier alpha value is -1.43. The predicted molar refractivity (Wildman–Crippen MR) is 116 cm³/mol. The molecule has 5 heteroatoms. The lowest BCUT2D eigenvalue weighted by Gasteiger charge is -2.48. The van der Waals surface area contributed by atoms with Gasteiger partial charge in [-0.15, -0.1) is 0 Å². The summed E-state index contributed by atoms with van der Waals surface area (Å²) >= 11 is 0. The minimum Gasteiger partial charge on any atom is -0.379 e. The highest BCUT2D eigenvalue weighted by Gasteiger charge is 2.39. The minimum absolute atomic E-state index is 0.133. The third-order valence-corrected chi connectivity index (χ3v) is 7.34. The van der Waals surface area contributed by atoms with Crippen LogP contribution in [0.1, 0.15) is 62.1 Å². The molecule has 1 heterocycles. The average molecular weight is 400 g/mol. The number of rotatable bonds is 6. The molecule has 29 heavy (non-hydrogen) atoms. The third-order valence-electron chi connectivity index (χ3n) is 7.34. The number of nitrogens with one attached hydrogen (secondary N) is 1. The van der Waals surface area contributed by atoms with E-state index in [1.54, 1.807) is 0 Å². The van der Waals surface area contributed by atoms with E-state index in [1.807, 2.05) is 0 Å². The van der Waals surface area contributed by atoms with Crippen molar-refractivity contribution in [3.8, 4) is 0 Å². The van der Waals surface area contributed by atoms with Crippen LogP contribution in [0.4, 0.5) is 0 Å². The van der Waals surface area contributed by atoms with Crippen molar-refractivity contribution in [2.45, 2.75) is 62.9 Å². The number of hydrogen-bond donors (Lipinski definition) is 1. The fraction of sp³-hybridized carbons (Fsp3) is 0.708. The second kappa shape index (κ2) is 9.59. The van der Waals surface area contributed by atoms with E-state index in [1.165, 1.54) is 49.7 Å². The lowest BCUT2D eigenvalue weighted by atomic mass is 9.79. The largest absolute Gasteiger partial charge is 0.379 e. The van der Waals surface area contributed by atoms with Gasteiger partial charge in [-0.2, -0.15) is 0 Å². The van der Waals surface area contributed by atoms with Crippen molar-refractivity contribution in [2.75, 3.05) is 46.4 Å². The summed E-state index contributed by atoms with van der Waals surface area (Å²) < 4.78 is 5.57. The van der Waals surface area contributed by atoms with Gasteiger partial charge in [-0.3, -0.25) is 14.6 Å². The van der Waals surface area contributed by atoms with Crippen LogP contribution in [0.3, 0.4) is 0 Å². The van der Waals surface area contributed by atoms with Crippen LogP contribution < -0.4 is 5.32 Å². The van der Waals surface area contributed by atoms with Gasteiger partial charge in [0.15, 0.2) is 0 Å². The van der Waals surface area contributed by atoms with Crippen molar-refractivity contribution in [3.05, 3.63) is 35.4 Å². The molecular formula is C24H37N3O2. The van der Waals surface area contributed by atoms with Crippen LogP contribution in [0.15, 0.2) is 24.3 Å². The molecule has 1 N–H and O–H groups in total. The number of benzene rings is 1. The lowest BCUT2D eigenvalue weighted by molar-refractivity contribution is -0.123. The summed E-state index contributed by atoms with van der Waals surface area (Å²) in [5, 5.41) is 3.32. The van der Waals surface area contributed by atoms with E-state index in [0.717, 1.165) is 45.7 Å². The Balaban J connectivity index is 1.35. The van der Waals surface area contributed by atoms with Crippen molar-refractivity contribution in [1.82, 2.24) is 15.1 Å². The maximum atomic E-state index is 12.9. The topological polar surface area (TPSA) is 44.8 Å². The molecule has 3 aliphatic rings. The molecule has 2 fully saturated rings. The smallest absolute Gasteiger partial charge is 0.234 e. The molecule has 1 saturated carbocycles. The van der Waals surface area contributed by atoms with Gasteiger partial charge in [0, 0.05) is 31.2 Å². The van der Waals surface area contributed by atoms with Crippen LogP contribution in [0.2, 0.25) is 0 Å². The van der Waals surface area contributed by atoms with Gasteiger partial charge in [-0.25, -0.2) is 0 Å². The molecule has 2 aliphatic carbocycles. The van der Waals surface area contributed by atoms with Gasteiger partial charge in [0.1, 0.15) is 0 Å². The molecule has 1 saturated heterocycles. The molecule has 1 aromatic carbocycles. The number of likely N-dealkylation sites (N-methyl/N-ethyl adjacent to an activating group) is 1. The summed E-state index contributed by atoms with van der Waals surface area (Å²) in [6.45, 7) is 4.88. The van der Waals surface area contributed by atoms with Gasteiger partial charge in [0.05, 0.1) is 19.8 Å². The van der Waals surface area contributed by atoms with Gasteiger partial charge in [0.25, 0.3) is 0 Å². The van der Waals surface area contributed by atoms with Gasteiger partial charge in [-0.1, -0.05) is 43.5 Å². The summed E-state index contributed by atoms with van der Waals surface area (Å²) in [7, 11) is 2.10. The zero-order valence-corrected chi connectivity index (χ0v) is 18.0. The van der Waals surface area contributed by atoms with Crippen LogP contribution >= 0.6 is 0 Å². The number of aryl methyl sites for hydroxylation is 1. The predicted octanol–water partition coefficient (Wildman–Crippen LogP) is 3.15. The van der Waals surface area contributed by atoms with E-state index in [2.05, 4.69) is 46.4 Å². The van der Waals surface area contributed by atoms with E-state index < -0.39 is 0 Å². The monoisotopic (exact) mass is 399 g/mol. The van der Waals surface area contributed by atoms with Crippen molar-refractivity contribution < 1.29 is 9.53 Å². The molecule has 0 unspecified atom stereocenters. The van der Waals surface area contributed by atoms with E-state index in [9.17, 15) is 4.79 Å². The second-order valence-corrected chi connectivity index (χ2v) is 9.18. The highest BCUT2D eigenvalue weighted by molar-refractivity contribution is 5.78. The van der Waals surface area contributed by atoms with E-state index in [0.29, 0.717) is 12.6 Å². The quantitative estimate of drug-likeness (QED) is 0.798. The maximum absolute atomic E-state index is 12.9. The van der Waals surface area contributed by atoms with Crippen molar-refractivity contribution in [1.29, 1.82) is 0 Å². The summed E-state index contributed by atoms with van der Waals surface area (Å²) in [6, 6.07) is 9.09. The van der Waals surface area contributed by atoms with Crippen LogP contribution in [-0.2, 0) is 16.0 Å². The molecule has 1 aromatic rings. The number of nitrogens with zero attached hydrogens (tertiary/aromatic N) is 2. The Bertz CT molecular complexity index is 680. The van der Waals surface area contributed by atoms with E-state index >= 15 is 0 Å². The van der Waals surface area contributed by atoms with Crippen LogP contribution in [-0.4, -0.2) is 67.7 Å². The van der Waals surface area contributed by atoms with Crippen LogP contribution in [0.25, 0.3) is 0 Å². The molecule has 160 valence electrons. The second-order valence-electron chi connectivity index (χ2n) is 9.18. The third kappa shape index (κ3) is 4.84. The molecule has 4 rings (SSSR count). The Morgan fingerprint density at radius 2 is 1.93 bits per heavy atom. The lowest BCUT2D eigenvalue weighted by Crippen LogP contribution is -2.60. The number of ether oxygens (including phenoxy) is 1. The van der Waals surface area contributed by atoms with Gasteiger partial charge in [0.2, 0.25) is 5.91 Å². The first kappa shape index (κ1) is 20.8. The maximum Gasteiger partial charge on any atom is 0.234 e. The number of amides is 1. The molecule has 0 radical (unpaired) electrons. The van der Waals surface area contributed by atoms with Crippen molar-refractivity contribution >= 4 is 5.91 Å². The van der Waals surface area contributed by atoms with Gasteiger partial charge < -0.3 is 10.1 Å². The molecule has 0 bridgehead atoms. The SMILES string of the molecule is CN(CC(=O)NCC1(N2CCOCC2)CCCCC1)[C@@H]1CCCc2ccccc21. The minimum atomic E-state index is 0.133. The molecule has 5 nitrogen and oxygen atoms in total. The first-order valence-corrected chi connectivity index (χ1v) is 11.6. The fourth-order valence-electron chi connectivity index (χ4n) is 5.69. The Morgan fingerprint density at radius 3 is 2.72 bits per heavy atom. The number of carbonyl (C=O) groups is 1. The first-order valence-electron chi connectivity index (χ1n) is 11.6. The van der Waals surface area contributed by atoms with Gasteiger partial charge in [-0.05, 0) is 50.3 Å². The Labute approximate surface area is 175 Å². The fourth-order valence-corrected chi connectivity index (χ4v) is 5.69. The van der Waals surface area contributed by atoms with Gasteiger partial charge >= 0.3 is 0 Å². The standard InChI is InChI=1S/C24H37N3O2/c1-26(22-11-7-9-20-8-3-4-10-21(20)22)18-23(28)25-19-24(12-5-2-6-13-24)27-14-16-29-17-15-27/h3-4,8,10,22H,2,5-7,9,11-19H2,1H3,(H,25,28)/t22-/m1/s1. The summed E-state index contributed by atoms with van der Waals surface area (Å²) in [5.74, 6) is 0.161. The zero-order chi connectivity index (χ0) is 20.1. The summed E-state index contributed by atoms with van der Waals surface area (Å²) in [6.07, 6.45) is 9.75. The van der Waals surface area contributed by atoms with Crippen LogP contribution in [0, 0.1) is 0 Å². The van der Waals surface area contributed by atoms with Crippen molar-refractivity contribution in [2.24, 2.45) is 0 Å². The molecular weight excluding hydrogens is 362 g/mol. The number of fused-ring (bicyclic) bond motifs is 1. The average Bonchev–Trinajstić information content (AvgIpc) is 2.78. The molecule has 0 aromatic heterocycles. The summed E-state index contributed by atoms with van der Waals surface area (Å²) in [5.41, 5.74) is 2.99. The number of carbonyl (C=O) groups excluding carboxylic acids is 1. The highest BCUT2D eigenvalue weighted by Crippen LogP contribution is 2.35. The normalized spacial score (nSPS) is 24.8. The molecule has 0 spiro atoms. The number of hydrogen-bond acceptors (Lipinski definition) is 4. The molecule has 1 atom stereocenters. The zero-order valence-electron chi connectivity index (χ0n) is 18.0. The molecule has 1 amide bonds. The number of morpholine rings is 1. The van der Waals surface area contributed by atoms with E-state index in [4.69, 9.17) is 4.74 Å². The van der Waals surface area contributed by atoms with Crippen LogP contribution in [0.5, 0.6) is 0 Å². The van der Waals surface area contributed by atoms with Crippen molar-refractivity contribution in [3.63, 3.8) is 0 Å². The Kier molecular flexibility index (Phi) is 6.88. The first-order chi connectivity index (χ1) is 14.2. The Morgan fingerprint density at radius 1 is 1.17 bits per heavy atom.